The molecule has 1 aliphatic rings. The fraction of sp³-hybridized carbons (Fsp3) is 0.875. The summed E-state index contributed by atoms with van der Waals surface area (Å²) in [6.07, 6.45) is 2.29. The van der Waals surface area contributed by atoms with Gasteiger partial charge in [0.1, 0.15) is 0 Å². The summed E-state index contributed by atoms with van der Waals surface area (Å²) in [4.78, 5) is 28.2. The van der Waals surface area contributed by atoms with Gasteiger partial charge in [0.2, 0.25) is 11.8 Å². The predicted molar refractivity (Wildman–Crippen MR) is 105 cm³/mol. The van der Waals surface area contributed by atoms with Crippen LogP contribution in [0.5, 0.6) is 0 Å². The standard InChI is InChI=1S/C16H32N4O3.2ClH/c1-14(16(22)18-8-5-13-23-3)19-9-11-20(12-10-19)15(21)6-4-7-17-2;;/h14,17H,4-13H2,1-3H3,(H,18,22);2*1H. The minimum Gasteiger partial charge on any atom is -0.385 e. The van der Waals surface area contributed by atoms with Crippen LogP contribution in [0.4, 0.5) is 0 Å². The molecule has 0 radical (unpaired) electrons. The number of piperazine rings is 1. The molecule has 1 saturated heterocycles. The van der Waals surface area contributed by atoms with Crippen molar-refractivity contribution in [3.05, 3.63) is 0 Å². The quantitative estimate of drug-likeness (QED) is 0.522. The third-order valence-electron chi connectivity index (χ3n) is 4.24. The second kappa shape index (κ2) is 15.6. The Morgan fingerprint density at radius 1 is 1.08 bits per heavy atom. The Morgan fingerprint density at radius 3 is 2.28 bits per heavy atom. The lowest BCUT2D eigenvalue weighted by molar-refractivity contribution is -0.134. The highest BCUT2D eigenvalue weighted by molar-refractivity contribution is 5.85. The number of hydrogen-bond acceptors (Lipinski definition) is 5. The molecule has 0 aliphatic carbocycles. The summed E-state index contributed by atoms with van der Waals surface area (Å²) >= 11 is 0. The SMILES string of the molecule is CNCCCC(=O)N1CCN(C(C)C(=O)NCCCOC)CC1.Cl.Cl. The lowest BCUT2D eigenvalue weighted by Crippen LogP contribution is -2.55. The number of methoxy groups -OCH3 is 1. The van der Waals surface area contributed by atoms with E-state index < -0.39 is 0 Å². The van der Waals surface area contributed by atoms with Gasteiger partial charge in [-0.3, -0.25) is 14.5 Å². The largest absolute Gasteiger partial charge is 0.385 e. The van der Waals surface area contributed by atoms with Crippen LogP contribution < -0.4 is 10.6 Å². The van der Waals surface area contributed by atoms with Crippen molar-refractivity contribution in [3.8, 4) is 0 Å². The molecule has 0 aromatic rings. The molecule has 1 rings (SSSR count). The highest BCUT2D eigenvalue weighted by Gasteiger charge is 2.26. The molecule has 1 heterocycles. The molecule has 150 valence electrons. The Bertz CT molecular complexity index is 367. The van der Waals surface area contributed by atoms with Gasteiger partial charge in [0.25, 0.3) is 0 Å². The van der Waals surface area contributed by atoms with E-state index in [0.29, 0.717) is 32.7 Å². The Labute approximate surface area is 164 Å². The Kier molecular flexibility index (Phi) is 16.7. The molecule has 1 atom stereocenters. The Hall–Kier alpha value is -0.600. The smallest absolute Gasteiger partial charge is 0.237 e. The van der Waals surface area contributed by atoms with Crippen molar-refractivity contribution in [2.75, 3.05) is 60.0 Å². The number of nitrogens with one attached hydrogen (secondary N) is 2. The summed E-state index contributed by atoms with van der Waals surface area (Å²) in [6.45, 7) is 7.01. The van der Waals surface area contributed by atoms with Gasteiger partial charge >= 0.3 is 0 Å². The summed E-state index contributed by atoms with van der Waals surface area (Å²) in [5.74, 6) is 0.270. The molecule has 0 spiro atoms. The first-order valence-electron chi connectivity index (χ1n) is 8.53. The van der Waals surface area contributed by atoms with E-state index in [1.54, 1.807) is 7.11 Å². The van der Waals surface area contributed by atoms with Crippen LogP contribution in [0.1, 0.15) is 26.2 Å². The molecule has 0 aromatic heterocycles. The average Bonchev–Trinajstić information content (AvgIpc) is 2.58. The van der Waals surface area contributed by atoms with E-state index in [4.69, 9.17) is 4.74 Å². The molecular formula is C16H34Cl2N4O3. The second-order valence-electron chi connectivity index (χ2n) is 5.94. The highest BCUT2D eigenvalue weighted by atomic mass is 35.5. The summed E-state index contributed by atoms with van der Waals surface area (Å²) < 4.78 is 4.97. The average molecular weight is 401 g/mol. The van der Waals surface area contributed by atoms with Crippen LogP contribution in [0, 0.1) is 0 Å². The van der Waals surface area contributed by atoms with Gasteiger partial charge < -0.3 is 20.3 Å². The van der Waals surface area contributed by atoms with Crippen LogP contribution in [-0.2, 0) is 14.3 Å². The third kappa shape index (κ3) is 10.2. The Morgan fingerprint density at radius 2 is 1.72 bits per heavy atom. The van der Waals surface area contributed by atoms with Gasteiger partial charge in [-0.2, -0.15) is 0 Å². The lowest BCUT2D eigenvalue weighted by atomic mass is 10.2. The van der Waals surface area contributed by atoms with Gasteiger partial charge in [-0.15, -0.1) is 24.8 Å². The normalized spacial score (nSPS) is 15.7. The number of ether oxygens (including phenoxy) is 1. The fourth-order valence-electron chi connectivity index (χ4n) is 2.67. The van der Waals surface area contributed by atoms with E-state index in [0.717, 1.165) is 32.5 Å². The van der Waals surface area contributed by atoms with Gasteiger partial charge in [-0.05, 0) is 33.4 Å². The molecule has 2 N–H and O–H groups in total. The topological polar surface area (TPSA) is 73.9 Å². The van der Waals surface area contributed by atoms with Gasteiger partial charge in [0, 0.05) is 52.9 Å². The molecule has 7 nitrogen and oxygen atoms in total. The van der Waals surface area contributed by atoms with E-state index in [1.165, 1.54) is 0 Å². The van der Waals surface area contributed by atoms with Crippen LogP contribution in [0.25, 0.3) is 0 Å². The van der Waals surface area contributed by atoms with E-state index in [1.807, 2.05) is 18.9 Å². The summed E-state index contributed by atoms with van der Waals surface area (Å²) in [6, 6.07) is -0.154. The zero-order chi connectivity index (χ0) is 17.1. The van der Waals surface area contributed by atoms with Gasteiger partial charge in [0.15, 0.2) is 0 Å². The zero-order valence-electron chi connectivity index (χ0n) is 15.6. The minimum atomic E-state index is -0.154. The van der Waals surface area contributed by atoms with E-state index in [-0.39, 0.29) is 42.7 Å². The van der Waals surface area contributed by atoms with Crippen LogP contribution >= 0.6 is 24.8 Å². The maximum atomic E-state index is 12.1. The Balaban J connectivity index is 0. The molecule has 0 bridgehead atoms. The number of carbonyl (C=O) groups excluding carboxylic acids is 2. The second-order valence-corrected chi connectivity index (χ2v) is 5.94. The molecule has 0 saturated carbocycles. The number of halogens is 2. The number of rotatable bonds is 10. The molecule has 1 aliphatic heterocycles. The predicted octanol–water partition coefficient (Wildman–Crippen LogP) is 0.515. The lowest BCUT2D eigenvalue weighted by Gasteiger charge is -2.37. The van der Waals surface area contributed by atoms with Crippen molar-refractivity contribution >= 4 is 36.6 Å². The van der Waals surface area contributed by atoms with Crippen LogP contribution in [0.3, 0.4) is 0 Å². The van der Waals surface area contributed by atoms with Gasteiger partial charge in [0.05, 0.1) is 6.04 Å². The number of nitrogens with zero attached hydrogens (tertiary/aromatic N) is 2. The van der Waals surface area contributed by atoms with E-state index >= 15 is 0 Å². The van der Waals surface area contributed by atoms with E-state index in [9.17, 15) is 9.59 Å². The molecule has 0 aromatic carbocycles. The van der Waals surface area contributed by atoms with Crippen molar-refractivity contribution in [2.45, 2.75) is 32.2 Å². The summed E-state index contributed by atoms with van der Waals surface area (Å²) in [7, 11) is 3.55. The minimum absolute atomic E-state index is 0. The van der Waals surface area contributed by atoms with Crippen LogP contribution in [0.2, 0.25) is 0 Å². The first-order valence-corrected chi connectivity index (χ1v) is 8.53. The van der Waals surface area contributed by atoms with Crippen molar-refractivity contribution in [1.29, 1.82) is 0 Å². The molecular weight excluding hydrogens is 367 g/mol. The molecule has 1 fully saturated rings. The third-order valence-corrected chi connectivity index (χ3v) is 4.24. The molecule has 9 heteroatoms. The van der Waals surface area contributed by atoms with E-state index in [2.05, 4.69) is 15.5 Å². The maximum absolute atomic E-state index is 12.1. The van der Waals surface area contributed by atoms with Crippen molar-refractivity contribution in [2.24, 2.45) is 0 Å². The number of amides is 2. The highest BCUT2D eigenvalue weighted by Crippen LogP contribution is 2.08. The van der Waals surface area contributed by atoms with Crippen molar-refractivity contribution in [3.63, 3.8) is 0 Å². The van der Waals surface area contributed by atoms with Crippen molar-refractivity contribution < 1.29 is 14.3 Å². The molecule has 2 amide bonds. The zero-order valence-corrected chi connectivity index (χ0v) is 17.2. The number of hydrogen-bond donors (Lipinski definition) is 2. The molecule has 25 heavy (non-hydrogen) atoms. The van der Waals surface area contributed by atoms with Crippen LogP contribution in [-0.4, -0.2) is 87.7 Å². The van der Waals surface area contributed by atoms with Gasteiger partial charge in [-0.1, -0.05) is 0 Å². The summed E-state index contributed by atoms with van der Waals surface area (Å²) in [5, 5.41) is 5.99. The van der Waals surface area contributed by atoms with Gasteiger partial charge in [-0.25, -0.2) is 0 Å². The first-order chi connectivity index (χ1) is 11.1. The monoisotopic (exact) mass is 400 g/mol. The maximum Gasteiger partial charge on any atom is 0.237 e. The van der Waals surface area contributed by atoms with Crippen LogP contribution in [0.15, 0.2) is 0 Å². The fourth-order valence-corrected chi connectivity index (χ4v) is 2.67. The molecule has 1 unspecified atom stereocenters. The summed E-state index contributed by atoms with van der Waals surface area (Å²) in [5.41, 5.74) is 0. The van der Waals surface area contributed by atoms with Crippen molar-refractivity contribution in [1.82, 2.24) is 20.4 Å². The number of carbonyl (C=O) groups is 2. The first kappa shape index (κ1) is 26.6.